The number of nitrogens with two attached hydrogens (primary N) is 1. The Morgan fingerprint density at radius 2 is 1.97 bits per heavy atom. The molecule has 0 amide bonds. The van der Waals surface area contributed by atoms with Crippen LogP contribution in [0.1, 0.15) is 13.2 Å². The average Bonchev–Trinajstić information content (AvgIpc) is 3.18. The minimum absolute atomic E-state index is 0.345. The quantitative estimate of drug-likeness (QED) is 0.114. The van der Waals surface area contributed by atoms with Crippen LogP contribution in [0.4, 0.5) is 10.3 Å². The van der Waals surface area contributed by atoms with E-state index in [0.29, 0.717) is 0 Å². The van der Waals surface area contributed by atoms with Gasteiger partial charge >= 0.3 is 23.5 Å². The minimum Gasteiger partial charge on any atom is -0.396 e. The van der Waals surface area contributed by atoms with Gasteiger partial charge in [-0.15, -0.1) is 6.42 Å². The van der Waals surface area contributed by atoms with Gasteiger partial charge in [0.05, 0.1) is 18.8 Å². The van der Waals surface area contributed by atoms with Crippen molar-refractivity contribution in [1.82, 2.24) is 14.5 Å². The Balaban J connectivity index is 1.97. The summed E-state index contributed by atoms with van der Waals surface area (Å²) in [7, 11) is -17.1. The number of nitrogens with zero attached hydrogens (tertiary/aromatic N) is 2. The number of hydrogen-bond donors (Lipinski definition) is 7. The summed E-state index contributed by atoms with van der Waals surface area (Å²) in [5, 5.41) is 9.46. The molecule has 0 aliphatic carbocycles. The van der Waals surface area contributed by atoms with Crippen molar-refractivity contribution < 1.29 is 60.6 Å². The van der Waals surface area contributed by atoms with Gasteiger partial charge in [0, 0.05) is 12.1 Å². The van der Waals surface area contributed by atoms with Crippen molar-refractivity contribution in [3.63, 3.8) is 0 Å². The number of hydrogen-bond acceptors (Lipinski definition) is 11. The molecule has 206 valence electrons. The molecule has 17 nitrogen and oxygen atoms in total. The summed E-state index contributed by atoms with van der Waals surface area (Å²) in [5.74, 6) is -0.598. The molecule has 0 bridgehead atoms. The van der Waals surface area contributed by atoms with Crippen LogP contribution < -0.4 is 11.3 Å². The fraction of sp³-hybridized carbons (Fsp3) is 0.467. The topological polar surface area (TPSA) is 266 Å². The molecule has 2 aromatic rings. The number of phosphoric acid groups is 3. The monoisotopic (exact) mass is 610 g/mol. The minimum atomic E-state index is -5.82. The molecule has 0 radical (unpaired) electrons. The molecule has 0 saturated carbocycles. The van der Waals surface area contributed by atoms with E-state index in [0.717, 1.165) is 17.7 Å². The van der Waals surface area contributed by atoms with Gasteiger partial charge in [-0.25, -0.2) is 18.1 Å². The highest BCUT2D eigenvalue weighted by Crippen LogP contribution is 2.67. The number of aromatic amines is 1. The van der Waals surface area contributed by atoms with Crippen molar-refractivity contribution in [3.05, 3.63) is 22.4 Å². The van der Waals surface area contributed by atoms with Crippen molar-refractivity contribution in [3.8, 4) is 12.3 Å². The van der Waals surface area contributed by atoms with Crippen LogP contribution in [-0.2, 0) is 31.6 Å². The van der Waals surface area contributed by atoms with E-state index in [1.807, 2.05) is 0 Å². The predicted octanol–water partition coefficient (Wildman–Crippen LogP) is 0.294. The molecule has 1 fully saturated rings. The van der Waals surface area contributed by atoms with Gasteiger partial charge in [0.15, 0.2) is 22.6 Å². The number of H-pyrrole nitrogens is 1. The van der Waals surface area contributed by atoms with Crippen LogP contribution >= 0.6 is 35.1 Å². The summed E-state index contributed by atoms with van der Waals surface area (Å²) in [6.45, 7) is 0.230. The standard InChI is InChI=1S/C15H19ClFN4O13P3/c1-3-15(16)7(5-22)10(6(2)32-36(27,28)34-37(29,30)33-35(24,25)26)31-13(15)21-4-8(17)9-11(21)19-14(18)20-12(9)23/h1,4,6-7,10,13,22H,5H2,2H3,(H,27,28)(H,29,30)(H2,24,25,26)(H3,18,19,20,23)/t6-,7?,10-,13-,15?/m1/s1. The summed E-state index contributed by atoms with van der Waals surface area (Å²) in [6.07, 6.45) is 1.61. The van der Waals surface area contributed by atoms with E-state index in [-0.39, 0.29) is 5.65 Å². The summed E-state index contributed by atoms with van der Waals surface area (Å²) in [4.78, 5) is 52.5. The third-order valence-corrected chi connectivity index (χ3v) is 9.59. The lowest BCUT2D eigenvalue weighted by Crippen LogP contribution is -2.41. The van der Waals surface area contributed by atoms with Crippen molar-refractivity contribution in [2.75, 3.05) is 12.3 Å². The number of aromatic nitrogens is 3. The molecule has 0 aromatic carbocycles. The van der Waals surface area contributed by atoms with Crippen molar-refractivity contribution in [2.45, 2.75) is 30.2 Å². The molecular formula is C15H19ClFN4O13P3. The van der Waals surface area contributed by atoms with Gasteiger partial charge in [0.2, 0.25) is 5.95 Å². The normalized spacial score (nSPS) is 28.5. The van der Waals surface area contributed by atoms with Crippen LogP contribution in [0.5, 0.6) is 0 Å². The third kappa shape index (κ3) is 6.16. The number of fused-ring (bicyclic) bond motifs is 1. The number of nitrogen functional groups attached to an aromatic ring is 1. The molecule has 37 heavy (non-hydrogen) atoms. The first-order valence-electron chi connectivity index (χ1n) is 9.65. The fourth-order valence-electron chi connectivity index (χ4n) is 3.76. The number of aliphatic hydroxyl groups is 1. The average molecular weight is 611 g/mol. The molecule has 1 saturated heterocycles. The number of alkyl halides is 1. The molecule has 3 rings (SSSR count). The van der Waals surface area contributed by atoms with Crippen LogP contribution in [0, 0.1) is 24.1 Å². The number of anilines is 1. The van der Waals surface area contributed by atoms with Gasteiger partial charge in [-0.2, -0.15) is 13.6 Å². The smallest absolute Gasteiger partial charge is 0.396 e. The van der Waals surface area contributed by atoms with Crippen molar-refractivity contribution >= 4 is 52.1 Å². The lowest BCUT2D eigenvalue weighted by Gasteiger charge is -2.28. The maximum Gasteiger partial charge on any atom is 0.490 e. The van der Waals surface area contributed by atoms with Gasteiger partial charge in [0.1, 0.15) is 5.39 Å². The molecule has 2 aromatic heterocycles. The zero-order chi connectivity index (χ0) is 28.1. The Kier molecular flexibility index (Phi) is 8.19. The number of rotatable bonds is 9. The molecule has 1 aliphatic heterocycles. The molecule has 0 spiro atoms. The first kappa shape index (κ1) is 29.9. The van der Waals surface area contributed by atoms with Crippen LogP contribution in [0.15, 0.2) is 11.0 Å². The number of nitrogens with one attached hydrogen (secondary N) is 1. The van der Waals surface area contributed by atoms with E-state index in [1.54, 1.807) is 0 Å². The number of halogens is 2. The second kappa shape index (κ2) is 10.1. The first-order valence-corrected chi connectivity index (χ1v) is 14.5. The molecule has 4 unspecified atom stereocenters. The van der Waals surface area contributed by atoms with Crippen LogP contribution in [0.3, 0.4) is 0 Å². The third-order valence-electron chi connectivity index (χ3n) is 5.08. The lowest BCUT2D eigenvalue weighted by molar-refractivity contribution is -0.0641. The Morgan fingerprint density at radius 1 is 1.35 bits per heavy atom. The van der Waals surface area contributed by atoms with E-state index in [1.165, 1.54) is 0 Å². The summed E-state index contributed by atoms with van der Waals surface area (Å²) >= 11 is 6.58. The van der Waals surface area contributed by atoms with E-state index in [4.69, 9.17) is 42.8 Å². The van der Waals surface area contributed by atoms with Gasteiger partial charge in [-0.05, 0) is 6.92 Å². The first-order chi connectivity index (χ1) is 16.8. The summed E-state index contributed by atoms with van der Waals surface area (Å²) in [6, 6.07) is 0. The van der Waals surface area contributed by atoms with E-state index >= 15 is 0 Å². The highest BCUT2D eigenvalue weighted by Gasteiger charge is 2.58. The lowest BCUT2D eigenvalue weighted by atomic mass is 9.87. The van der Waals surface area contributed by atoms with Gasteiger partial charge in [-0.1, -0.05) is 17.5 Å². The molecule has 8 N–H and O–H groups in total. The number of ether oxygens (including phenoxy) is 1. The Labute approximate surface area is 210 Å². The largest absolute Gasteiger partial charge is 0.490 e. The van der Waals surface area contributed by atoms with E-state index in [2.05, 4.69) is 24.5 Å². The zero-order valence-corrected chi connectivity index (χ0v) is 21.7. The number of terminal acetylenes is 1. The van der Waals surface area contributed by atoms with Crippen LogP contribution in [0.25, 0.3) is 11.0 Å². The molecular weight excluding hydrogens is 592 g/mol. The Bertz CT molecular complexity index is 1460. The second-order valence-electron chi connectivity index (χ2n) is 7.59. The summed E-state index contributed by atoms with van der Waals surface area (Å²) in [5.41, 5.74) is 4.26. The maximum atomic E-state index is 14.6. The molecule has 7 atom stereocenters. The van der Waals surface area contributed by atoms with Crippen molar-refractivity contribution in [2.24, 2.45) is 5.92 Å². The number of phosphoric ester groups is 1. The van der Waals surface area contributed by atoms with Gasteiger partial charge in [0.25, 0.3) is 5.56 Å². The Morgan fingerprint density at radius 3 is 2.51 bits per heavy atom. The highest BCUT2D eigenvalue weighted by atomic mass is 35.5. The SMILES string of the molecule is C#CC1(Cl)C(CO)[C@@H]([C@@H](C)OP(=O)(O)OP(=O)(O)OP(=O)(O)O)O[C@H]1n1cc(F)c2c(=O)[nH]c(N)nc21. The number of aliphatic hydroxyl groups excluding tert-OH is 1. The zero-order valence-electron chi connectivity index (χ0n) is 18.2. The van der Waals surface area contributed by atoms with Crippen molar-refractivity contribution in [1.29, 1.82) is 0 Å². The van der Waals surface area contributed by atoms with E-state index < -0.39 is 82.0 Å². The van der Waals surface area contributed by atoms with Gasteiger partial charge in [-0.3, -0.25) is 18.9 Å². The molecule has 3 heterocycles. The summed E-state index contributed by atoms with van der Waals surface area (Å²) < 4.78 is 67.9. The predicted molar refractivity (Wildman–Crippen MR) is 121 cm³/mol. The Hall–Kier alpha value is -1.67. The van der Waals surface area contributed by atoms with Crippen LogP contribution in [0.2, 0.25) is 0 Å². The second-order valence-corrected chi connectivity index (χ2v) is 12.6. The highest BCUT2D eigenvalue weighted by molar-refractivity contribution is 7.66. The molecule has 1 aliphatic rings. The fourth-order valence-corrected chi connectivity index (χ4v) is 7.31. The van der Waals surface area contributed by atoms with Crippen LogP contribution in [-0.4, -0.2) is 62.9 Å². The van der Waals surface area contributed by atoms with Gasteiger partial charge < -0.3 is 35.2 Å². The maximum absolute atomic E-state index is 14.6. The van der Waals surface area contributed by atoms with E-state index in [9.17, 15) is 37.8 Å². The molecule has 22 heteroatoms.